The number of rotatable bonds is 7. The number of nitrogens with two attached hydrogens (primary N) is 1. The third-order valence-electron chi connectivity index (χ3n) is 2.47. The molecule has 0 saturated heterocycles. The molecule has 0 fully saturated rings. The van der Waals surface area contributed by atoms with Gasteiger partial charge in [-0.15, -0.1) is 0 Å². The molecule has 1 atom stereocenters. The Labute approximate surface area is 115 Å². The van der Waals surface area contributed by atoms with Gasteiger partial charge < -0.3 is 21.5 Å². The summed E-state index contributed by atoms with van der Waals surface area (Å²) in [5.74, 6) is -2.11. The number of aromatic nitrogens is 2. The van der Waals surface area contributed by atoms with Gasteiger partial charge in [0.25, 0.3) is 0 Å². The Morgan fingerprint density at radius 2 is 2.20 bits per heavy atom. The number of carbonyl (C=O) groups is 3. The Morgan fingerprint density at radius 3 is 2.70 bits per heavy atom. The van der Waals surface area contributed by atoms with Crippen LogP contribution in [0.1, 0.15) is 12.0 Å². The largest absolute Gasteiger partial charge is 0.480 e. The van der Waals surface area contributed by atoms with Gasteiger partial charge in [0.15, 0.2) is 0 Å². The van der Waals surface area contributed by atoms with Crippen LogP contribution in [0, 0.1) is 0 Å². The molecule has 0 aromatic carbocycles. The minimum Gasteiger partial charge on any atom is -0.480 e. The predicted octanol–water partition coefficient (Wildman–Crippen LogP) is -1.41. The molecular formula is C11H17N5O4. The summed E-state index contributed by atoms with van der Waals surface area (Å²) in [6, 6.07) is -1.99. The molecule has 1 rings (SSSR count). The van der Waals surface area contributed by atoms with Crippen LogP contribution in [0.3, 0.4) is 0 Å². The second-order valence-electron chi connectivity index (χ2n) is 4.23. The molecule has 0 aliphatic heterocycles. The molecule has 1 aromatic heterocycles. The lowest BCUT2D eigenvalue weighted by Crippen LogP contribution is -2.48. The number of hydrogen-bond acceptors (Lipinski definition) is 4. The zero-order valence-electron chi connectivity index (χ0n) is 11.0. The molecule has 3 amide bonds. The molecule has 5 N–H and O–H groups in total. The average molecular weight is 283 g/mol. The quantitative estimate of drug-likeness (QED) is 0.487. The Kier molecular flexibility index (Phi) is 5.51. The van der Waals surface area contributed by atoms with Crippen molar-refractivity contribution in [3.63, 3.8) is 0 Å². The molecule has 0 aliphatic rings. The third kappa shape index (κ3) is 5.38. The smallest absolute Gasteiger partial charge is 0.326 e. The second-order valence-corrected chi connectivity index (χ2v) is 4.23. The summed E-state index contributed by atoms with van der Waals surface area (Å²) in [5, 5.41) is 17.5. The summed E-state index contributed by atoms with van der Waals surface area (Å²) >= 11 is 0. The van der Waals surface area contributed by atoms with Gasteiger partial charge >= 0.3 is 12.0 Å². The molecule has 9 heteroatoms. The van der Waals surface area contributed by atoms with Crippen LogP contribution >= 0.6 is 0 Å². The summed E-state index contributed by atoms with van der Waals surface area (Å²) in [7, 11) is 1.78. The number of carboxylic acids is 1. The van der Waals surface area contributed by atoms with Crippen LogP contribution in [0.25, 0.3) is 0 Å². The molecule has 0 unspecified atom stereocenters. The highest BCUT2D eigenvalue weighted by molar-refractivity contribution is 5.87. The maximum atomic E-state index is 11.5. The van der Waals surface area contributed by atoms with Crippen LogP contribution in [-0.2, 0) is 23.1 Å². The van der Waals surface area contributed by atoms with Gasteiger partial charge in [0, 0.05) is 19.8 Å². The van der Waals surface area contributed by atoms with Crippen molar-refractivity contribution in [2.45, 2.75) is 18.9 Å². The first kappa shape index (κ1) is 15.5. The van der Waals surface area contributed by atoms with Crippen molar-refractivity contribution in [1.29, 1.82) is 0 Å². The molecular weight excluding hydrogens is 266 g/mol. The zero-order chi connectivity index (χ0) is 15.1. The van der Waals surface area contributed by atoms with Crippen molar-refractivity contribution in [1.82, 2.24) is 20.4 Å². The number of nitrogens with one attached hydrogen (secondary N) is 2. The van der Waals surface area contributed by atoms with Gasteiger partial charge in [0.2, 0.25) is 5.91 Å². The number of carbonyl (C=O) groups excluding carboxylic acids is 2. The molecule has 1 heterocycles. The fourth-order valence-electron chi connectivity index (χ4n) is 1.53. The number of aliphatic carboxylic acids is 1. The molecule has 20 heavy (non-hydrogen) atoms. The molecule has 0 saturated carbocycles. The van der Waals surface area contributed by atoms with Crippen LogP contribution < -0.4 is 16.4 Å². The Hall–Kier alpha value is -2.58. The minimum absolute atomic E-state index is 0.320. The average Bonchev–Trinajstić information content (AvgIpc) is 2.73. The van der Waals surface area contributed by atoms with Gasteiger partial charge in [-0.2, -0.15) is 5.10 Å². The number of nitrogens with zero attached hydrogens (tertiary/aromatic N) is 2. The number of hydrogen-bond donors (Lipinski definition) is 4. The van der Waals surface area contributed by atoms with E-state index in [1.54, 1.807) is 17.9 Å². The van der Waals surface area contributed by atoms with Crippen molar-refractivity contribution >= 4 is 17.9 Å². The lowest BCUT2D eigenvalue weighted by Gasteiger charge is -2.13. The lowest BCUT2D eigenvalue weighted by molar-refractivity contribution is -0.140. The van der Waals surface area contributed by atoms with E-state index in [0.29, 0.717) is 13.0 Å². The van der Waals surface area contributed by atoms with Crippen LogP contribution in [-0.4, -0.2) is 45.4 Å². The standard InChI is InChI=1S/C11H17N5O4/c1-16-6-7(5-14-16)2-3-13-11(20)15-8(10(18)19)4-9(12)17/h5-6,8H,2-4H2,1H3,(H2,12,17)(H,18,19)(H2,13,15,20)/t8-/m1/s1. The van der Waals surface area contributed by atoms with Crippen LogP contribution in [0.4, 0.5) is 4.79 Å². The second kappa shape index (κ2) is 7.12. The van der Waals surface area contributed by atoms with E-state index < -0.39 is 30.4 Å². The highest BCUT2D eigenvalue weighted by Gasteiger charge is 2.21. The molecule has 0 spiro atoms. The van der Waals surface area contributed by atoms with Crippen molar-refractivity contribution in [3.8, 4) is 0 Å². The SMILES string of the molecule is Cn1cc(CCNC(=O)N[C@H](CC(N)=O)C(=O)O)cn1. The highest BCUT2D eigenvalue weighted by Crippen LogP contribution is 1.96. The number of primary amides is 1. The van der Waals surface area contributed by atoms with Gasteiger partial charge in [0.05, 0.1) is 12.6 Å². The fourth-order valence-corrected chi connectivity index (χ4v) is 1.53. The summed E-state index contributed by atoms with van der Waals surface area (Å²) in [5.41, 5.74) is 5.85. The molecule has 0 bridgehead atoms. The zero-order valence-corrected chi connectivity index (χ0v) is 11.0. The molecule has 110 valence electrons. The number of carboxylic acid groups (broad SMARTS) is 1. The Bertz CT molecular complexity index is 499. The monoisotopic (exact) mass is 283 g/mol. The first-order valence-corrected chi connectivity index (χ1v) is 5.91. The maximum absolute atomic E-state index is 11.5. The van der Waals surface area contributed by atoms with Gasteiger partial charge in [-0.25, -0.2) is 9.59 Å². The fraction of sp³-hybridized carbons (Fsp3) is 0.455. The summed E-state index contributed by atoms with van der Waals surface area (Å²) < 4.78 is 1.64. The van der Waals surface area contributed by atoms with E-state index in [-0.39, 0.29) is 0 Å². The molecule has 0 aliphatic carbocycles. The Balaban J connectivity index is 2.34. The number of amides is 3. The van der Waals surface area contributed by atoms with Crippen LogP contribution in [0.15, 0.2) is 12.4 Å². The van der Waals surface area contributed by atoms with Gasteiger partial charge in [-0.05, 0) is 12.0 Å². The summed E-state index contributed by atoms with van der Waals surface area (Å²) in [6.07, 6.45) is 3.60. The molecule has 0 radical (unpaired) electrons. The van der Waals surface area contributed by atoms with Gasteiger partial charge in [-0.3, -0.25) is 9.48 Å². The molecule has 1 aromatic rings. The van der Waals surface area contributed by atoms with Gasteiger partial charge in [-0.1, -0.05) is 0 Å². The predicted molar refractivity (Wildman–Crippen MR) is 68.7 cm³/mol. The van der Waals surface area contributed by atoms with Crippen LogP contribution in [0.2, 0.25) is 0 Å². The normalized spacial score (nSPS) is 11.7. The summed E-state index contributed by atoms with van der Waals surface area (Å²) in [6.45, 7) is 0.320. The van der Waals surface area contributed by atoms with Gasteiger partial charge in [0.1, 0.15) is 6.04 Å². The van der Waals surface area contributed by atoms with Crippen LogP contribution in [0.5, 0.6) is 0 Å². The first-order chi connectivity index (χ1) is 9.38. The van der Waals surface area contributed by atoms with Crippen molar-refractivity contribution in [3.05, 3.63) is 18.0 Å². The Morgan fingerprint density at radius 1 is 1.50 bits per heavy atom. The topological polar surface area (TPSA) is 139 Å². The number of aryl methyl sites for hydroxylation is 1. The first-order valence-electron chi connectivity index (χ1n) is 5.91. The van der Waals surface area contributed by atoms with Crippen molar-refractivity contribution in [2.75, 3.05) is 6.54 Å². The van der Waals surface area contributed by atoms with E-state index in [4.69, 9.17) is 10.8 Å². The summed E-state index contributed by atoms with van der Waals surface area (Å²) in [4.78, 5) is 33.0. The lowest BCUT2D eigenvalue weighted by atomic mass is 10.2. The van der Waals surface area contributed by atoms with E-state index in [2.05, 4.69) is 15.7 Å². The van der Waals surface area contributed by atoms with Crippen molar-refractivity contribution < 1.29 is 19.5 Å². The van der Waals surface area contributed by atoms with E-state index >= 15 is 0 Å². The van der Waals surface area contributed by atoms with E-state index in [1.807, 2.05) is 6.20 Å². The third-order valence-corrected chi connectivity index (χ3v) is 2.47. The minimum atomic E-state index is -1.33. The number of urea groups is 1. The highest BCUT2D eigenvalue weighted by atomic mass is 16.4. The van der Waals surface area contributed by atoms with Crippen molar-refractivity contribution in [2.24, 2.45) is 12.8 Å². The van der Waals surface area contributed by atoms with E-state index in [0.717, 1.165) is 5.56 Å². The molecule has 9 nitrogen and oxygen atoms in total. The van der Waals surface area contributed by atoms with E-state index in [1.165, 1.54) is 0 Å². The van der Waals surface area contributed by atoms with E-state index in [9.17, 15) is 14.4 Å². The maximum Gasteiger partial charge on any atom is 0.326 e.